The molecule has 1 aromatic heterocycles. The number of carbonyl (C=O) groups excluding carboxylic acids is 1. The number of hydrogen-bond acceptors (Lipinski definition) is 3. The second-order valence-electron chi connectivity index (χ2n) is 3.71. The lowest BCUT2D eigenvalue weighted by Crippen LogP contribution is -1.96. The summed E-state index contributed by atoms with van der Waals surface area (Å²) in [5, 5.41) is 0.235. The van der Waals surface area contributed by atoms with Crippen LogP contribution in [0.5, 0.6) is 5.75 Å². The summed E-state index contributed by atoms with van der Waals surface area (Å²) in [4.78, 5) is 12.3. The third kappa shape index (κ3) is 2.89. The molecule has 0 amide bonds. The Hall–Kier alpha value is -1.39. The molecule has 0 fully saturated rings. The molecule has 2 rings (SSSR count). The van der Waals surface area contributed by atoms with Gasteiger partial charge in [0, 0.05) is 10.4 Å². The number of hydrogen-bond donors (Lipinski definition) is 0. The average molecular weight is 285 g/mol. The Morgan fingerprint density at radius 1 is 1.44 bits per heavy atom. The van der Waals surface area contributed by atoms with E-state index in [-0.39, 0.29) is 5.02 Å². The summed E-state index contributed by atoms with van der Waals surface area (Å²) in [6, 6.07) is 5.76. The molecule has 0 aliphatic carbocycles. The standard InChI is InChI=1S/C13H10ClFO2S/c1-8-9(4-11(6-16)18-8)7-17-13-3-2-10(15)5-12(13)14/h2-6H,7H2,1H3. The minimum absolute atomic E-state index is 0.235. The van der Waals surface area contributed by atoms with Gasteiger partial charge in [-0.15, -0.1) is 11.3 Å². The van der Waals surface area contributed by atoms with Crippen molar-refractivity contribution in [1.82, 2.24) is 0 Å². The van der Waals surface area contributed by atoms with E-state index in [1.807, 2.05) is 6.92 Å². The van der Waals surface area contributed by atoms with E-state index in [1.165, 1.54) is 29.5 Å². The van der Waals surface area contributed by atoms with Crippen molar-refractivity contribution in [1.29, 1.82) is 0 Å². The van der Waals surface area contributed by atoms with Gasteiger partial charge < -0.3 is 4.74 Å². The van der Waals surface area contributed by atoms with E-state index in [1.54, 1.807) is 6.07 Å². The zero-order valence-corrected chi connectivity index (χ0v) is 11.1. The Balaban J connectivity index is 2.11. The van der Waals surface area contributed by atoms with E-state index in [2.05, 4.69) is 0 Å². The van der Waals surface area contributed by atoms with Crippen molar-refractivity contribution >= 4 is 29.2 Å². The Morgan fingerprint density at radius 3 is 2.83 bits per heavy atom. The maximum Gasteiger partial charge on any atom is 0.160 e. The Morgan fingerprint density at radius 2 is 2.22 bits per heavy atom. The van der Waals surface area contributed by atoms with Gasteiger partial charge in [0.25, 0.3) is 0 Å². The SMILES string of the molecule is Cc1sc(C=O)cc1COc1ccc(F)cc1Cl. The van der Waals surface area contributed by atoms with Crippen LogP contribution in [-0.4, -0.2) is 6.29 Å². The monoisotopic (exact) mass is 284 g/mol. The van der Waals surface area contributed by atoms with E-state index < -0.39 is 5.82 Å². The lowest BCUT2D eigenvalue weighted by molar-refractivity contribution is 0.112. The predicted molar refractivity (Wildman–Crippen MR) is 70.2 cm³/mol. The van der Waals surface area contributed by atoms with Gasteiger partial charge in [-0.1, -0.05) is 11.6 Å². The lowest BCUT2D eigenvalue weighted by atomic mass is 10.2. The van der Waals surface area contributed by atoms with Gasteiger partial charge in [0.2, 0.25) is 0 Å². The zero-order valence-electron chi connectivity index (χ0n) is 9.57. The summed E-state index contributed by atoms with van der Waals surface area (Å²) >= 11 is 7.26. The van der Waals surface area contributed by atoms with Gasteiger partial charge in [-0.05, 0) is 31.2 Å². The summed E-state index contributed by atoms with van der Waals surface area (Å²) in [5.74, 6) is 0.0265. The first-order chi connectivity index (χ1) is 8.60. The minimum Gasteiger partial charge on any atom is -0.487 e. The first-order valence-electron chi connectivity index (χ1n) is 5.22. The van der Waals surface area contributed by atoms with Gasteiger partial charge in [0.15, 0.2) is 6.29 Å². The Kier molecular flexibility index (Phi) is 3.99. The highest BCUT2D eigenvalue weighted by Gasteiger charge is 2.08. The first-order valence-corrected chi connectivity index (χ1v) is 6.42. The van der Waals surface area contributed by atoms with Crippen molar-refractivity contribution in [3.05, 3.63) is 50.4 Å². The Labute approximate surface area is 113 Å². The van der Waals surface area contributed by atoms with E-state index >= 15 is 0 Å². The molecular weight excluding hydrogens is 275 g/mol. The van der Waals surface area contributed by atoms with E-state index in [9.17, 15) is 9.18 Å². The molecule has 0 saturated heterocycles. The molecule has 1 heterocycles. The van der Waals surface area contributed by atoms with Gasteiger partial charge in [-0.2, -0.15) is 0 Å². The number of aryl methyl sites for hydroxylation is 1. The zero-order chi connectivity index (χ0) is 13.1. The lowest BCUT2D eigenvalue weighted by Gasteiger charge is -2.07. The fourth-order valence-electron chi connectivity index (χ4n) is 1.49. The molecule has 2 aromatic rings. The smallest absolute Gasteiger partial charge is 0.160 e. The normalized spacial score (nSPS) is 10.4. The molecule has 0 aliphatic rings. The van der Waals surface area contributed by atoms with Crippen LogP contribution in [0.1, 0.15) is 20.1 Å². The molecule has 0 N–H and O–H groups in total. The van der Waals surface area contributed by atoms with Crippen molar-refractivity contribution in [2.24, 2.45) is 0 Å². The number of thiophene rings is 1. The van der Waals surface area contributed by atoms with Gasteiger partial charge in [-0.3, -0.25) is 4.79 Å². The van der Waals surface area contributed by atoms with Crippen molar-refractivity contribution in [2.75, 3.05) is 0 Å². The van der Waals surface area contributed by atoms with Crippen LogP contribution < -0.4 is 4.74 Å². The molecule has 0 bridgehead atoms. The molecule has 0 aliphatic heterocycles. The number of ether oxygens (including phenoxy) is 1. The molecule has 2 nitrogen and oxygen atoms in total. The molecule has 94 valence electrons. The third-order valence-corrected chi connectivity index (χ3v) is 3.75. The first kappa shape index (κ1) is 13.1. The van der Waals surface area contributed by atoms with Crippen molar-refractivity contribution in [2.45, 2.75) is 13.5 Å². The highest BCUT2D eigenvalue weighted by atomic mass is 35.5. The van der Waals surface area contributed by atoms with E-state index in [0.717, 1.165) is 16.7 Å². The molecule has 0 unspecified atom stereocenters. The summed E-state index contributed by atoms with van der Waals surface area (Å²) in [6.07, 6.45) is 0.812. The predicted octanol–water partition coefficient (Wildman–Crippen LogP) is 4.24. The number of aldehydes is 1. The van der Waals surface area contributed by atoms with Crippen molar-refractivity contribution < 1.29 is 13.9 Å². The number of carbonyl (C=O) groups is 1. The second-order valence-corrected chi connectivity index (χ2v) is 5.41. The molecule has 1 aromatic carbocycles. The summed E-state index contributed by atoms with van der Waals surface area (Å²) in [5.41, 5.74) is 0.933. The molecular formula is C13H10ClFO2S. The van der Waals surface area contributed by atoms with Crippen LogP contribution >= 0.6 is 22.9 Å². The number of rotatable bonds is 4. The second kappa shape index (κ2) is 5.50. The van der Waals surface area contributed by atoms with Gasteiger partial charge in [0.1, 0.15) is 18.2 Å². The molecule has 5 heteroatoms. The summed E-state index contributed by atoms with van der Waals surface area (Å²) in [6.45, 7) is 2.23. The quantitative estimate of drug-likeness (QED) is 0.785. The van der Waals surface area contributed by atoms with Gasteiger partial charge in [-0.25, -0.2) is 4.39 Å². The molecule has 0 saturated carbocycles. The van der Waals surface area contributed by atoms with Crippen LogP contribution in [0.2, 0.25) is 5.02 Å². The maximum absolute atomic E-state index is 12.8. The average Bonchev–Trinajstić information content (AvgIpc) is 2.69. The van der Waals surface area contributed by atoms with Crippen LogP contribution in [0, 0.1) is 12.7 Å². The van der Waals surface area contributed by atoms with Crippen LogP contribution in [0.3, 0.4) is 0 Å². The highest BCUT2D eigenvalue weighted by Crippen LogP contribution is 2.27. The maximum atomic E-state index is 12.8. The van der Waals surface area contributed by atoms with E-state index in [0.29, 0.717) is 17.2 Å². The molecule has 0 radical (unpaired) electrons. The van der Waals surface area contributed by atoms with Crippen LogP contribution in [0.25, 0.3) is 0 Å². The molecule has 0 atom stereocenters. The fourth-order valence-corrected chi connectivity index (χ4v) is 2.57. The summed E-state index contributed by atoms with van der Waals surface area (Å²) < 4.78 is 18.4. The Bertz CT molecular complexity index is 580. The van der Waals surface area contributed by atoms with Gasteiger partial charge >= 0.3 is 0 Å². The fraction of sp³-hybridized carbons (Fsp3) is 0.154. The molecule has 0 spiro atoms. The minimum atomic E-state index is -0.401. The van der Waals surface area contributed by atoms with E-state index in [4.69, 9.17) is 16.3 Å². The van der Waals surface area contributed by atoms with Crippen LogP contribution in [0.4, 0.5) is 4.39 Å². The van der Waals surface area contributed by atoms with Crippen LogP contribution in [-0.2, 0) is 6.61 Å². The number of benzene rings is 1. The van der Waals surface area contributed by atoms with Crippen LogP contribution in [0.15, 0.2) is 24.3 Å². The third-order valence-electron chi connectivity index (χ3n) is 2.43. The topological polar surface area (TPSA) is 26.3 Å². The number of halogens is 2. The highest BCUT2D eigenvalue weighted by molar-refractivity contribution is 7.13. The molecule has 18 heavy (non-hydrogen) atoms. The van der Waals surface area contributed by atoms with Gasteiger partial charge in [0.05, 0.1) is 9.90 Å². The van der Waals surface area contributed by atoms with Crippen molar-refractivity contribution in [3.8, 4) is 5.75 Å². The van der Waals surface area contributed by atoms with Crippen molar-refractivity contribution in [3.63, 3.8) is 0 Å². The summed E-state index contributed by atoms with van der Waals surface area (Å²) in [7, 11) is 0. The largest absolute Gasteiger partial charge is 0.487 e.